The Labute approximate surface area is 115 Å². The van der Waals surface area contributed by atoms with Crippen LogP contribution in [0, 0.1) is 12.8 Å². The third-order valence-corrected chi connectivity index (χ3v) is 4.78. The summed E-state index contributed by atoms with van der Waals surface area (Å²) < 4.78 is 0. The molecule has 1 saturated heterocycles. The summed E-state index contributed by atoms with van der Waals surface area (Å²) in [4.78, 5) is 8.61. The lowest BCUT2D eigenvalue weighted by Crippen LogP contribution is -2.26. The molecular formula is C14H25N3S. The fourth-order valence-corrected chi connectivity index (χ4v) is 3.69. The van der Waals surface area contributed by atoms with Crippen LogP contribution in [0.15, 0.2) is 0 Å². The lowest BCUT2D eigenvalue weighted by molar-refractivity contribution is 0.591. The summed E-state index contributed by atoms with van der Waals surface area (Å²) in [7, 11) is 0. The van der Waals surface area contributed by atoms with E-state index in [0.29, 0.717) is 12.1 Å². The van der Waals surface area contributed by atoms with Crippen LogP contribution < -0.4 is 10.2 Å². The average molecular weight is 267 g/mol. The van der Waals surface area contributed by atoms with Crippen molar-refractivity contribution in [1.82, 2.24) is 10.3 Å². The van der Waals surface area contributed by atoms with Crippen molar-refractivity contribution in [3.63, 3.8) is 0 Å². The summed E-state index contributed by atoms with van der Waals surface area (Å²) in [5, 5.41) is 4.69. The van der Waals surface area contributed by atoms with E-state index in [2.05, 4.69) is 44.8 Å². The molecule has 2 rings (SSSR count). The van der Waals surface area contributed by atoms with Crippen LogP contribution in [0.1, 0.15) is 44.7 Å². The van der Waals surface area contributed by atoms with Gasteiger partial charge in [0, 0.05) is 30.1 Å². The first-order valence-corrected chi connectivity index (χ1v) is 7.75. The summed E-state index contributed by atoms with van der Waals surface area (Å²) in [5.41, 5.74) is 1.19. The molecule has 0 radical (unpaired) electrons. The van der Waals surface area contributed by atoms with Gasteiger partial charge in [-0.3, -0.25) is 0 Å². The number of anilines is 1. The Morgan fingerprint density at radius 2 is 2.17 bits per heavy atom. The van der Waals surface area contributed by atoms with Gasteiger partial charge in [-0.25, -0.2) is 4.98 Å². The number of aryl methyl sites for hydroxylation is 1. The molecular weight excluding hydrogens is 242 g/mol. The lowest BCUT2D eigenvalue weighted by Gasteiger charge is -2.20. The Balaban J connectivity index is 2.08. The summed E-state index contributed by atoms with van der Waals surface area (Å²) in [6, 6.07) is 1.16. The van der Waals surface area contributed by atoms with Crippen LogP contribution in [-0.4, -0.2) is 23.6 Å². The predicted octanol–water partition coefficient (Wildman–Crippen LogP) is 3.18. The van der Waals surface area contributed by atoms with E-state index in [1.807, 2.05) is 11.3 Å². The minimum Gasteiger partial charge on any atom is -0.345 e. The Hall–Kier alpha value is -0.610. The smallest absolute Gasteiger partial charge is 0.186 e. The number of aromatic nitrogens is 1. The van der Waals surface area contributed by atoms with Gasteiger partial charge < -0.3 is 10.2 Å². The number of hydrogen-bond acceptors (Lipinski definition) is 4. The number of nitrogens with zero attached hydrogens (tertiary/aromatic N) is 2. The molecule has 1 aliphatic rings. The van der Waals surface area contributed by atoms with Crippen LogP contribution in [0.3, 0.4) is 0 Å². The SMILES string of the molecule is Cc1nc(N2CC(C)CC2C)sc1CNC(C)C. The monoisotopic (exact) mass is 267 g/mol. The quantitative estimate of drug-likeness (QED) is 0.908. The molecule has 1 N–H and O–H groups in total. The third-order valence-electron chi connectivity index (χ3n) is 3.58. The zero-order valence-corrected chi connectivity index (χ0v) is 13.0. The molecule has 0 amide bonds. The van der Waals surface area contributed by atoms with Crippen LogP contribution in [0.25, 0.3) is 0 Å². The van der Waals surface area contributed by atoms with Crippen molar-refractivity contribution < 1.29 is 0 Å². The minimum atomic E-state index is 0.528. The maximum absolute atomic E-state index is 4.76. The van der Waals surface area contributed by atoms with Gasteiger partial charge in [0.25, 0.3) is 0 Å². The van der Waals surface area contributed by atoms with E-state index in [9.17, 15) is 0 Å². The van der Waals surface area contributed by atoms with E-state index in [4.69, 9.17) is 4.98 Å². The molecule has 0 aromatic carbocycles. The largest absolute Gasteiger partial charge is 0.345 e. The molecule has 3 nitrogen and oxygen atoms in total. The topological polar surface area (TPSA) is 28.2 Å². The number of nitrogens with one attached hydrogen (secondary N) is 1. The zero-order chi connectivity index (χ0) is 13.3. The van der Waals surface area contributed by atoms with Crippen LogP contribution >= 0.6 is 11.3 Å². The summed E-state index contributed by atoms with van der Waals surface area (Å²) in [5.74, 6) is 0.793. The van der Waals surface area contributed by atoms with Crippen LogP contribution in [0.5, 0.6) is 0 Å². The molecule has 1 aliphatic heterocycles. The Kier molecular flexibility index (Phi) is 4.28. The fraction of sp³-hybridized carbons (Fsp3) is 0.786. The van der Waals surface area contributed by atoms with Crippen molar-refractivity contribution in [2.24, 2.45) is 5.92 Å². The number of thiazole rings is 1. The molecule has 18 heavy (non-hydrogen) atoms. The molecule has 2 unspecified atom stereocenters. The standard InChI is InChI=1S/C14H25N3S/c1-9(2)15-7-13-12(5)16-14(18-13)17-8-10(3)6-11(17)4/h9-11,15H,6-8H2,1-5H3. The Morgan fingerprint density at radius 3 is 2.72 bits per heavy atom. The van der Waals surface area contributed by atoms with Crippen LogP contribution in [0.4, 0.5) is 5.13 Å². The highest BCUT2D eigenvalue weighted by molar-refractivity contribution is 7.15. The number of rotatable bonds is 4. The van der Waals surface area contributed by atoms with Gasteiger partial charge in [0.15, 0.2) is 5.13 Å². The molecule has 0 spiro atoms. The van der Waals surface area contributed by atoms with E-state index >= 15 is 0 Å². The maximum atomic E-state index is 4.76. The van der Waals surface area contributed by atoms with E-state index in [1.165, 1.54) is 22.1 Å². The van der Waals surface area contributed by atoms with Gasteiger partial charge in [-0.1, -0.05) is 20.8 Å². The molecule has 1 fully saturated rings. The molecule has 1 aromatic rings. The highest BCUT2D eigenvalue weighted by atomic mass is 32.1. The fourth-order valence-electron chi connectivity index (χ4n) is 2.56. The predicted molar refractivity (Wildman–Crippen MR) is 79.4 cm³/mol. The van der Waals surface area contributed by atoms with Gasteiger partial charge in [0.2, 0.25) is 0 Å². The van der Waals surface area contributed by atoms with Crippen molar-refractivity contribution in [2.75, 3.05) is 11.4 Å². The molecule has 102 valence electrons. The second-order valence-corrected chi connectivity index (χ2v) is 6.94. The zero-order valence-electron chi connectivity index (χ0n) is 12.2. The Bertz CT molecular complexity index is 400. The normalized spacial score (nSPS) is 24.2. The first kappa shape index (κ1) is 13.8. The molecule has 2 atom stereocenters. The van der Waals surface area contributed by atoms with E-state index in [0.717, 1.165) is 19.0 Å². The lowest BCUT2D eigenvalue weighted by atomic mass is 10.1. The molecule has 4 heteroatoms. The van der Waals surface area contributed by atoms with Crippen molar-refractivity contribution >= 4 is 16.5 Å². The summed E-state index contributed by atoms with van der Waals surface area (Å²) in [6.07, 6.45) is 1.29. The van der Waals surface area contributed by atoms with E-state index < -0.39 is 0 Å². The number of hydrogen-bond donors (Lipinski definition) is 1. The van der Waals surface area contributed by atoms with E-state index in [1.54, 1.807) is 0 Å². The summed E-state index contributed by atoms with van der Waals surface area (Å²) in [6.45, 7) is 13.2. The second-order valence-electron chi connectivity index (χ2n) is 5.88. The molecule has 0 bridgehead atoms. The van der Waals surface area contributed by atoms with Gasteiger partial charge in [-0.2, -0.15) is 0 Å². The molecule has 1 aromatic heterocycles. The summed E-state index contributed by atoms with van der Waals surface area (Å²) >= 11 is 1.86. The van der Waals surface area contributed by atoms with Crippen molar-refractivity contribution in [3.8, 4) is 0 Å². The molecule has 2 heterocycles. The Morgan fingerprint density at radius 1 is 1.44 bits per heavy atom. The van der Waals surface area contributed by atoms with Crippen molar-refractivity contribution in [3.05, 3.63) is 10.6 Å². The first-order chi connectivity index (χ1) is 8.47. The second kappa shape index (κ2) is 5.57. The van der Waals surface area contributed by atoms with Crippen molar-refractivity contribution in [2.45, 2.75) is 59.7 Å². The van der Waals surface area contributed by atoms with Gasteiger partial charge in [-0.15, -0.1) is 11.3 Å². The highest BCUT2D eigenvalue weighted by Crippen LogP contribution is 2.33. The highest BCUT2D eigenvalue weighted by Gasteiger charge is 2.28. The van der Waals surface area contributed by atoms with Gasteiger partial charge in [0.1, 0.15) is 0 Å². The van der Waals surface area contributed by atoms with Gasteiger partial charge >= 0.3 is 0 Å². The van der Waals surface area contributed by atoms with Crippen LogP contribution in [-0.2, 0) is 6.54 Å². The van der Waals surface area contributed by atoms with E-state index in [-0.39, 0.29) is 0 Å². The van der Waals surface area contributed by atoms with Gasteiger partial charge in [0.05, 0.1) is 5.69 Å². The van der Waals surface area contributed by atoms with Crippen molar-refractivity contribution in [1.29, 1.82) is 0 Å². The average Bonchev–Trinajstić information content (AvgIpc) is 2.79. The minimum absolute atomic E-state index is 0.528. The van der Waals surface area contributed by atoms with Crippen LogP contribution in [0.2, 0.25) is 0 Å². The maximum Gasteiger partial charge on any atom is 0.186 e. The molecule has 0 saturated carbocycles. The van der Waals surface area contributed by atoms with Gasteiger partial charge in [-0.05, 0) is 26.2 Å². The first-order valence-electron chi connectivity index (χ1n) is 6.93. The third kappa shape index (κ3) is 3.04. The molecule has 0 aliphatic carbocycles.